The lowest BCUT2D eigenvalue weighted by molar-refractivity contribution is 0.0402. The second-order valence-electron chi connectivity index (χ2n) is 7.75. The highest BCUT2D eigenvalue weighted by Crippen LogP contribution is 2.53. The van der Waals surface area contributed by atoms with Crippen molar-refractivity contribution in [3.63, 3.8) is 0 Å². The molecule has 16 heavy (non-hydrogen) atoms. The summed E-state index contributed by atoms with van der Waals surface area (Å²) in [5.41, 5.74) is 1.42. The molecule has 0 N–H and O–H groups in total. The summed E-state index contributed by atoms with van der Waals surface area (Å²) in [5, 5.41) is 0. The monoisotopic (exact) mass is 222 g/mol. The predicted octanol–water partition coefficient (Wildman–Crippen LogP) is 5.42. The van der Waals surface area contributed by atoms with Crippen molar-refractivity contribution in [2.45, 2.75) is 79.1 Å². The number of hydrogen-bond donors (Lipinski definition) is 0. The topological polar surface area (TPSA) is 0 Å². The highest BCUT2D eigenvalue weighted by Gasteiger charge is 2.40. The van der Waals surface area contributed by atoms with Crippen LogP contribution in [0.15, 0.2) is 0 Å². The molecule has 0 heterocycles. The zero-order valence-electron chi connectivity index (χ0n) is 11.8. The zero-order valence-corrected chi connectivity index (χ0v) is 11.8. The van der Waals surface area contributed by atoms with Crippen LogP contribution in [0.3, 0.4) is 0 Å². The van der Waals surface area contributed by atoms with Crippen molar-refractivity contribution in [1.29, 1.82) is 0 Å². The first-order chi connectivity index (χ1) is 7.43. The third-order valence-corrected chi connectivity index (χ3v) is 5.70. The molecule has 0 aromatic rings. The van der Waals surface area contributed by atoms with Gasteiger partial charge in [0.2, 0.25) is 0 Å². The molecule has 2 saturated carbocycles. The smallest absolute Gasteiger partial charge is 0.0297 e. The molecular weight excluding hydrogens is 192 g/mol. The lowest BCUT2D eigenvalue weighted by atomic mass is 9.58. The molecule has 0 aliphatic heterocycles. The molecule has 1 spiro atoms. The Balaban J connectivity index is 1.89. The Morgan fingerprint density at radius 3 is 1.75 bits per heavy atom. The van der Waals surface area contributed by atoms with Gasteiger partial charge in [0.05, 0.1) is 0 Å². The van der Waals surface area contributed by atoms with Crippen molar-refractivity contribution in [1.82, 2.24) is 0 Å². The summed E-state index contributed by atoms with van der Waals surface area (Å²) in [4.78, 5) is 0. The molecular formula is C16H30. The van der Waals surface area contributed by atoms with Crippen molar-refractivity contribution in [2.24, 2.45) is 22.7 Å². The minimum atomic E-state index is 0.639. The molecule has 0 bridgehead atoms. The van der Waals surface area contributed by atoms with Crippen molar-refractivity contribution in [2.75, 3.05) is 0 Å². The highest BCUT2D eigenvalue weighted by atomic mass is 14.5. The quantitative estimate of drug-likeness (QED) is 0.556. The van der Waals surface area contributed by atoms with E-state index in [1.165, 1.54) is 51.4 Å². The van der Waals surface area contributed by atoms with Gasteiger partial charge in [-0.25, -0.2) is 0 Å². The third kappa shape index (κ3) is 2.63. The standard InChI is InChI=1S/C16H30/c1-13(2)14-5-7-16(8-6-14)11-9-15(3,4)10-12-16/h13-14H,5-12H2,1-4H3. The molecule has 0 atom stereocenters. The van der Waals surface area contributed by atoms with Crippen LogP contribution in [0.1, 0.15) is 79.1 Å². The van der Waals surface area contributed by atoms with Gasteiger partial charge in [0.1, 0.15) is 0 Å². The van der Waals surface area contributed by atoms with E-state index in [0.29, 0.717) is 5.41 Å². The van der Waals surface area contributed by atoms with Gasteiger partial charge in [-0.2, -0.15) is 0 Å². The van der Waals surface area contributed by atoms with Crippen LogP contribution in [0.5, 0.6) is 0 Å². The van der Waals surface area contributed by atoms with E-state index < -0.39 is 0 Å². The molecule has 0 saturated heterocycles. The minimum absolute atomic E-state index is 0.639. The summed E-state index contributed by atoms with van der Waals surface area (Å²) >= 11 is 0. The molecule has 0 aromatic carbocycles. The summed E-state index contributed by atoms with van der Waals surface area (Å²) in [5.74, 6) is 1.94. The van der Waals surface area contributed by atoms with Gasteiger partial charge >= 0.3 is 0 Å². The van der Waals surface area contributed by atoms with Crippen molar-refractivity contribution in [3.8, 4) is 0 Å². The fourth-order valence-corrected chi connectivity index (χ4v) is 3.88. The third-order valence-electron chi connectivity index (χ3n) is 5.70. The van der Waals surface area contributed by atoms with Gasteiger partial charge < -0.3 is 0 Å². The van der Waals surface area contributed by atoms with Crippen LogP contribution >= 0.6 is 0 Å². The molecule has 0 nitrogen and oxygen atoms in total. The van der Waals surface area contributed by atoms with Gasteiger partial charge in [-0.3, -0.25) is 0 Å². The predicted molar refractivity (Wildman–Crippen MR) is 71.5 cm³/mol. The largest absolute Gasteiger partial charge is 0.0625 e. The van der Waals surface area contributed by atoms with Crippen LogP contribution in [0, 0.1) is 22.7 Å². The molecule has 94 valence electrons. The van der Waals surface area contributed by atoms with E-state index in [0.717, 1.165) is 17.3 Å². The second kappa shape index (κ2) is 4.35. The Morgan fingerprint density at radius 1 is 0.812 bits per heavy atom. The highest BCUT2D eigenvalue weighted by molar-refractivity contribution is 4.92. The van der Waals surface area contributed by atoms with Gasteiger partial charge in [0.15, 0.2) is 0 Å². The molecule has 2 aliphatic carbocycles. The fourth-order valence-electron chi connectivity index (χ4n) is 3.88. The first-order valence-corrected chi connectivity index (χ1v) is 7.43. The van der Waals surface area contributed by atoms with Gasteiger partial charge in [-0.1, -0.05) is 27.7 Å². The fraction of sp³-hybridized carbons (Fsp3) is 1.00. The summed E-state index contributed by atoms with van der Waals surface area (Å²) in [6.45, 7) is 9.73. The van der Waals surface area contributed by atoms with Crippen LogP contribution < -0.4 is 0 Å². The van der Waals surface area contributed by atoms with Crippen LogP contribution in [-0.2, 0) is 0 Å². The first-order valence-electron chi connectivity index (χ1n) is 7.43. The van der Waals surface area contributed by atoms with Crippen LogP contribution in [0.2, 0.25) is 0 Å². The molecule has 2 fully saturated rings. The maximum Gasteiger partial charge on any atom is -0.0297 e. The Kier molecular flexibility index (Phi) is 3.39. The van der Waals surface area contributed by atoms with E-state index in [-0.39, 0.29) is 0 Å². The van der Waals surface area contributed by atoms with E-state index in [1.54, 1.807) is 0 Å². The normalized spacial score (nSPS) is 29.8. The molecule has 0 heteroatoms. The SMILES string of the molecule is CC(C)C1CCC2(CC1)CCC(C)(C)CC2. The second-order valence-corrected chi connectivity index (χ2v) is 7.75. The molecule has 0 radical (unpaired) electrons. The molecule has 2 aliphatic rings. The maximum atomic E-state index is 2.46. The maximum absolute atomic E-state index is 2.46. The first kappa shape index (κ1) is 12.5. The Bertz CT molecular complexity index is 216. The van der Waals surface area contributed by atoms with Crippen molar-refractivity contribution in [3.05, 3.63) is 0 Å². The summed E-state index contributed by atoms with van der Waals surface area (Å²) in [7, 11) is 0. The van der Waals surface area contributed by atoms with Crippen LogP contribution in [-0.4, -0.2) is 0 Å². The lowest BCUT2D eigenvalue weighted by Gasteiger charge is -2.48. The molecule has 0 unspecified atom stereocenters. The Morgan fingerprint density at radius 2 is 1.31 bits per heavy atom. The average molecular weight is 222 g/mol. The number of hydrogen-bond acceptors (Lipinski definition) is 0. The molecule has 0 amide bonds. The van der Waals surface area contributed by atoms with E-state index in [4.69, 9.17) is 0 Å². The van der Waals surface area contributed by atoms with Crippen molar-refractivity contribution >= 4 is 0 Å². The van der Waals surface area contributed by atoms with E-state index >= 15 is 0 Å². The minimum Gasteiger partial charge on any atom is -0.0625 e. The van der Waals surface area contributed by atoms with Crippen molar-refractivity contribution < 1.29 is 0 Å². The van der Waals surface area contributed by atoms with Gasteiger partial charge in [0, 0.05) is 0 Å². The van der Waals surface area contributed by atoms with Gasteiger partial charge in [0.25, 0.3) is 0 Å². The zero-order chi connectivity index (χ0) is 11.8. The van der Waals surface area contributed by atoms with Crippen LogP contribution in [0.4, 0.5) is 0 Å². The Hall–Kier alpha value is 0. The molecule has 2 rings (SSSR count). The summed E-state index contributed by atoms with van der Waals surface area (Å²) in [6.07, 6.45) is 12.1. The summed E-state index contributed by atoms with van der Waals surface area (Å²) in [6, 6.07) is 0. The lowest BCUT2D eigenvalue weighted by Crippen LogP contribution is -2.35. The van der Waals surface area contributed by atoms with E-state index in [1.807, 2.05) is 0 Å². The average Bonchev–Trinajstić information content (AvgIpc) is 2.24. The van der Waals surface area contributed by atoms with Gasteiger partial charge in [-0.15, -0.1) is 0 Å². The molecule has 0 aromatic heterocycles. The summed E-state index contributed by atoms with van der Waals surface area (Å²) < 4.78 is 0. The van der Waals surface area contributed by atoms with E-state index in [2.05, 4.69) is 27.7 Å². The number of rotatable bonds is 1. The van der Waals surface area contributed by atoms with E-state index in [9.17, 15) is 0 Å². The van der Waals surface area contributed by atoms with Gasteiger partial charge in [-0.05, 0) is 74.0 Å². The Labute approximate surface area is 102 Å². The van der Waals surface area contributed by atoms with Crippen LogP contribution in [0.25, 0.3) is 0 Å².